The number of anilines is 1. The lowest BCUT2D eigenvalue weighted by Crippen LogP contribution is -2.42. The summed E-state index contributed by atoms with van der Waals surface area (Å²) in [7, 11) is 0. The number of carbonyl (C=O) groups is 3. The van der Waals surface area contributed by atoms with E-state index >= 15 is 0 Å². The molecule has 3 aromatic carbocycles. The van der Waals surface area contributed by atoms with E-state index in [1.807, 2.05) is 60.7 Å². The molecule has 6 rings (SSSR count). The van der Waals surface area contributed by atoms with Crippen molar-refractivity contribution in [2.24, 2.45) is 5.92 Å². The number of thioether (sulfide) groups is 1. The largest absolute Gasteiger partial charge is 0.445 e. The summed E-state index contributed by atoms with van der Waals surface area (Å²) in [5.41, 5.74) is 3.49. The first-order valence-corrected chi connectivity index (χ1v) is 15.8. The van der Waals surface area contributed by atoms with E-state index in [0.717, 1.165) is 21.6 Å². The molecular formula is C33H33N5O7S. The third-order valence-electron chi connectivity index (χ3n) is 7.95. The van der Waals surface area contributed by atoms with Crippen molar-refractivity contribution in [3.63, 3.8) is 0 Å². The van der Waals surface area contributed by atoms with Gasteiger partial charge in [0.25, 0.3) is 5.91 Å². The molecule has 0 radical (unpaired) electrons. The molecule has 2 aliphatic rings. The highest BCUT2D eigenvalue weighted by molar-refractivity contribution is 7.99. The predicted octanol–water partition coefficient (Wildman–Crippen LogP) is 4.44. The Labute approximate surface area is 269 Å². The summed E-state index contributed by atoms with van der Waals surface area (Å²) in [6.07, 6.45) is -0.939. The van der Waals surface area contributed by atoms with Crippen LogP contribution < -0.4 is 10.2 Å². The van der Waals surface area contributed by atoms with Crippen molar-refractivity contribution in [2.75, 3.05) is 10.7 Å². The molecule has 5 atom stereocenters. The second-order valence-electron chi connectivity index (χ2n) is 11.0. The number of aromatic amines is 1. The molecule has 0 aliphatic carbocycles. The van der Waals surface area contributed by atoms with Gasteiger partial charge in [-0.2, -0.15) is 5.10 Å². The van der Waals surface area contributed by atoms with Gasteiger partial charge in [-0.15, -0.1) is 0 Å². The molecule has 2 saturated heterocycles. The van der Waals surface area contributed by atoms with Crippen LogP contribution in [0.2, 0.25) is 0 Å². The molecule has 13 heteroatoms. The molecule has 4 aromatic rings. The van der Waals surface area contributed by atoms with Crippen LogP contribution in [0, 0.1) is 5.92 Å². The van der Waals surface area contributed by atoms with Crippen LogP contribution in [0.3, 0.4) is 0 Å². The molecule has 238 valence electrons. The molecule has 12 nitrogen and oxygen atoms in total. The fraction of sp³-hybridized carbons (Fsp3) is 0.303. The summed E-state index contributed by atoms with van der Waals surface area (Å²) in [4.78, 5) is 44.1. The van der Waals surface area contributed by atoms with Crippen LogP contribution in [0.15, 0.2) is 90.3 Å². The molecule has 1 aromatic heterocycles. The zero-order chi connectivity index (χ0) is 32.0. The zero-order valence-corrected chi connectivity index (χ0v) is 25.8. The Morgan fingerprint density at radius 3 is 2.59 bits per heavy atom. The Morgan fingerprint density at radius 1 is 1.04 bits per heavy atom. The quantitative estimate of drug-likeness (QED) is 0.167. The van der Waals surface area contributed by atoms with Crippen LogP contribution >= 0.6 is 11.8 Å². The number of aliphatic hydroxyl groups excluding tert-OH is 1. The Hall–Kier alpha value is -4.56. The number of carbonyl (C=O) groups excluding carboxylic acids is 3. The van der Waals surface area contributed by atoms with E-state index in [0.29, 0.717) is 22.2 Å². The smallest absolute Gasteiger partial charge is 0.408 e. The Morgan fingerprint density at radius 2 is 1.85 bits per heavy atom. The highest BCUT2D eigenvalue weighted by Crippen LogP contribution is 2.43. The molecule has 3 heterocycles. The maximum atomic E-state index is 13.3. The van der Waals surface area contributed by atoms with Gasteiger partial charge in [-0.05, 0) is 28.8 Å². The fourth-order valence-corrected chi connectivity index (χ4v) is 6.41. The summed E-state index contributed by atoms with van der Waals surface area (Å²) >= 11 is 1.48. The number of nitrogens with one attached hydrogen (secondary N) is 2. The number of rotatable bonds is 10. The number of imide groups is 1. The summed E-state index contributed by atoms with van der Waals surface area (Å²) in [6, 6.07) is 22.6. The highest BCUT2D eigenvalue weighted by Gasteiger charge is 2.42. The van der Waals surface area contributed by atoms with Crippen LogP contribution in [-0.2, 0) is 37.0 Å². The number of ether oxygens (including phenoxy) is 3. The highest BCUT2D eigenvalue weighted by atomic mass is 32.2. The van der Waals surface area contributed by atoms with Gasteiger partial charge < -0.3 is 24.6 Å². The van der Waals surface area contributed by atoms with E-state index in [4.69, 9.17) is 14.2 Å². The van der Waals surface area contributed by atoms with Crippen LogP contribution in [0.5, 0.6) is 0 Å². The van der Waals surface area contributed by atoms with Crippen LogP contribution in [0.1, 0.15) is 48.0 Å². The average molecular weight is 644 g/mol. The van der Waals surface area contributed by atoms with E-state index in [2.05, 4.69) is 27.4 Å². The standard InChI is InChI=1S/C33H33N5O7S/c1-20-27(18-46-32-34-19-35-37-32)44-31(45-29(20)23-12-10-21(16-39)11-13-23)24-8-5-9-25(14-24)38-28(40)15-26(30(38)41)36-33(42)43-17-22-6-3-2-4-7-22/h2-14,19-20,26-27,29,31,39H,15-18H2,1H3,(H,36,42)(H,34,35,37)/t20-,26?,27+,29+,31+/m1/s1. The molecule has 1 unspecified atom stereocenters. The van der Waals surface area contributed by atoms with Gasteiger partial charge in [0.15, 0.2) is 11.4 Å². The molecule has 0 saturated carbocycles. The maximum absolute atomic E-state index is 13.3. The third-order valence-corrected chi connectivity index (χ3v) is 8.92. The van der Waals surface area contributed by atoms with Gasteiger partial charge in [0.2, 0.25) is 5.91 Å². The predicted molar refractivity (Wildman–Crippen MR) is 167 cm³/mol. The van der Waals surface area contributed by atoms with Gasteiger partial charge in [0.05, 0.1) is 30.9 Å². The minimum Gasteiger partial charge on any atom is -0.445 e. The van der Waals surface area contributed by atoms with Gasteiger partial charge in [0.1, 0.15) is 19.0 Å². The summed E-state index contributed by atoms with van der Waals surface area (Å²) < 4.78 is 18.3. The topological polar surface area (TPSA) is 156 Å². The average Bonchev–Trinajstić information content (AvgIpc) is 3.70. The van der Waals surface area contributed by atoms with E-state index < -0.39 is 30.2 Å². The number of alkyl carbamates (subject to hydrolysis) is 1. The molecular weight excluding hydrogens is 610 g/mol. The first-order valence-electron chi connectivity index (χ1n) is 14.8. The van der Waals surface area contributed by atoms with E-state index in [1.54, 1.807) is 18.2 Å². The number of H-pyrrole nitrogens is 1. The molecule has 46 heavy (non-hydrogen) atoms. The summed E-state index contributed by atoms with van der Waals surface area (Å²) in [5, 5.41) is 19.5. The SMILES string of the molecule is C[C@@H]1[C@H](CSc2ncn[nH]2)O[C@H](c2cccc(N3C(=O)CC(NC(=O)OCc4ccccc4)C3=O)c2)O[C@@H]1c1ccc(CO)cc1. The summed E-state index contributed by atoms with van der Waals surface area (Å²) in [6.45, 7) is 2.04. The monoisotopic (exact) mass is 643 g/mol. The second kappa shape index (κ2) is 14.3. The van der Waals surface area contributed by atoms with Crippen molar-refractivity contribution in [1.29, 1.82) is 0 Å². The Bertz CT molecular complexity index is 1650. The number of hydrogen-bond acceptors (Lipinski definition) is 10. The van der Waals surface area contributed by atoms with Crippen molar-refractivity contribution in [3.05, 3.63) is 107 Å². The van der Waals surface area contributed by atoms with Crippen molar-refractivity contribution < 1.29 is 33.7 Å². The van der Waals surface area contributed by atoms with Crippen molar-refractivity contribution in [3.8, 4) is 0 Å². The number of aliphatic hydroxyl groups is 1. The molecule has 0 spiro atoms. The van der Waals surface area contributed by atoms with Gasteiger partial charge in [-0.3, -0.25) is 14.7 Å². The molecule has 2 aliphatic heterocycles. The minimum atomic E-state index is -1.05. The Kier molecular flexibility index (Phi) is 9.73. The van der Waals surface area contributed by atoms with Crippen LogP contribution in [-0.4, -0.2) is 56.1 Å². The molecule has 3 amide bonds. The van der Waals surface area contributed by atoms with Gasteiger partial charge in [0, 0.05) is 17.2 Å². The maximum Gasteiger partial charge on any atom is 0.408 e. The number of amides is 3. The lowest BCUT2D eigenvalue weighted by molar-refractivity contribution is -0.268. The van der Waals surface area contributed by atoms with Gasteiger partial charge in [-0.25, -0.2) is 14.7 Å². The summed E-state index contributed by atoms with van der Waals surface area (Å²) in [5.74, 6) is -0.484. The van der Waals surface area contributed by atoms with Crippen LogP contribution in [0.25, 0.3) is 0 Å². The van der Waals surface area contributed by atoms with Gasteiger partial charge in [-0.1, -0.05) is 85.4 Å². The number of aromatic nitrogens is 3. The first kappa shape index (κ1) is 31.4. The molecule has 0 bridgehead atoms. The Balaban J connectivity index is 1.18. The number of benzene rings is 3. The lowest BCUT2D eigenvalue weighted by atomic mass is 9.91. The van der Waals surface area contributed by atoms with Crippen LogP contribution in [0.4, 0.5) is 10.5 Å². The van der Waals surface area contributed by atoms with E-state index in [-0.39, 0.29) is 37.8 Å². The van der Waals surface area contributed by atoms with Crippen molar-refractivity contribution >= 4 is 35.4 Å². The van der Waals surface area contributed by atoms with E-state index in [1.165, 1.54) is 18.1 Å². The number of nitrogens with zero attached hydrogens (tertiary/aromatic N) is 3. The normalized spacial score (nSPS) is 23.0. The number of hydrogen-bond donors (Lipinski definition) is 3. The molecule has 2 fully saturated rings. The second-order valence-corrected chi connectivity index (χ2v) is 12.1. The van der Waals surface area contributed by atoms with Crippen molar-refractivity contribution in [1.82, 2.24) is 20.5 Å². The molecule has 3 N–H and O–H groups in total. The minimum absolute atomic E-state index is 0.0395. The fourth-order valence-electron chi connectivity index (χ4n) is 5.47. The third kappa shape index (κ3) is 7.12. The zero-order valence-electron chi connectivity index (χ0n) is 24.9. The first-order chi connectivity index (χ1) is 22.4. The van der Waals surface area contributed by atoms with Gasteiger partial charge >= 0.3 is 6.09 Å². The lowest BCUT2D eigenvalue weighted by Gasteiger charge is -2.41. The van der Waals surface area contributed by atoms with Crippen molar-refractivity contribution in [2.45, 2.75) is 56.3 Å². The van der Waals surface area contributed by atoms with E-state index in [9.17, 15) is 19.5 Å².